The zero-order valence-corrected chi connectivity index (χ0v) is 8.55. The zero-order valence-electron chi connectivity index (χ0n) is 7.79. The molecule has 0 N–H and O–H groups in total. The Morgan fingerprint density at radius 3 is 2.77 bits per heavy atom. The van der Waals surface area contributed by atoms with Gasteiger partial charge in [-0.1, -0.05) is 6.07 Å². The molecule has 72 valence electrons. The van der Waals surface area contributed by atoms with Gasteiger partial charge in [0, 0.05) is 24.2 Å². The van der Waals surface area contributed by atoms with Crippen LogP contribution in [0.4, 0.5) is 0 Å². The molecule has 0 amide bonds. The van der Waals surface area contributed by atoms with E-state index in [1.807, 2.05) is 13.0 Å². The summed E-state index contributed by atoms with van der Waals surface area (Å²) < 4.78 is 1.78. The van der Waals surface area contributed by atoms with Crippen LogP contribution in [0.25, 0.3) is 0 Å². The fourth-order valence-corrected chi connectivity index (χ4v) is 1.46. The third-order valence-corrected chi connectivity index (χ3v) is 2.30. The van der Waals surface area contributed by atoms with Crippen molar-refractivity contribution >= 4 is 11.6 Å². The van der Waals surface area contributed by atoms with Gasteiger partial charge >= 0.3 is 0 Å². The number of rotatable bonds is 4. The van der Waals surface area contributed by atoms with Gasteiger partial charge in [0.25, 0.3) is 5.56 Å². The lowest BCUT2D eigenvalue weighted by Crippen LogP contribution is -2.20. The number of alkyl halides is 1. The van der Waals surface area contributed by atoms with Crippen molar-refractivity contribution in [3.63, 3.8) is 0 Å². The molecule has 0 radical (unpaired) electrons. The Bertz CT molecular complexity index is 319. The van der Waals surface area contributed by atoms with E-state index in [-0.39, 0.29) is 5.56 Å². The van der Waals surface area contributed by atoms with Crippen LogP contribution in [0, 0.1) is 6.92 Å². The number of unbranched alkanes of at least 4 members (excludes halogenated alkanes) is 1. The van der Waals surface area contributed by atoms with Gasteiger partial charge in [-0.05, 0) is 25.8 Å². The molecular weight excluding hydrogens is 186 g/mol. The van der Waals surface area contributed by atoms with Crippen LogP contribution in [0.5, 0.6) is 0 Å². The number of pyridine rings is 1. The fourth-order valence-electron chi connectivity index (χ4n) is 1.27. The van der Waals surface area contributed by atoms with Crippen LogP contribution >= 0.6 is 11.6 Å². The number of nitrogens with zero attached hydrogens (tertiary/aromatic N) is 1. The summed E-state index contributed by atoms with van der Waals surface area (Å²) in [6.07, 6.45) is 1.93. The van der Waals surface area contributed by atoms with Gasteiger partial charge in [0.05, 0.1) is 0 Å². The first-order valence-electron chi connectivity index (χ1n) is 4.48. The van der Waals surface area contributed by atoms with Crippen molar-refractivity contribution in [1.29, 1.82) is 0 Å². The van der Waals surface area contributed by atoms with E-state index in [1.165, 1.54) is 0 Å². The average molecular weight is 200 g/mol. The second-order valence-corrected chi connectivity index (χ2v) is 3.43. The predicted molar refractivity (Wildman–Crippen MR) is 55.4 cm³/mol. The maximum absolute atomic E-state index is 11.4. The SMILES string of the molecule is Cc1cccc(=O)n1CCCCCl. The molecule has 0 spiro atoms. The lowest BCUT2D eigenvalue weighted by molar-refractivity contribution is 0.600. The van der Waals surface area contributed by atoms with E-state index in [9.17, 15) is 4.79 Å². The summed E-state index contributed by atoms with van der Waals surface area (Å²) in [6.45, 7) is 2.72. The number of hydrogen-bond donors (Lipinski definition) is 0. The van der Waals surface area contributed by atoms with Crippen molar-refractivity contribution in [2.45, 2.75) is 26.3 Å². The minimum absolute atomic E-state index is 0.0783. The zero-order chi connectivity index (χ0) is 9.68. The molecule has 3 heteroatoms. The molecule has 0 saturated carbocycles. The third kappa shape index (κ3) is 2.88. The Labute approximate surface area is 83.2 Å². The highest BCUT2D eigenvalue weighted by Gasteiger charge is 1.97. The van der Waals surface area contributed by atoms with Crippen molar-refractivity contribution in [3.8, 4) is 0 Å². The smallest absolute Gasteiger partial charge is 0.250 e. The number of hydrogen-bond acceptors (Lipinski definition) is 1. The first-order valence-corrected chi connectivity index (χ1v) is 5.01. The highest BCUT2D eigenvalue weighted by Crippen LogP contribution is 1.98. The van der Waals surface area contributed by atoms with Crippen molar-refractivity contribution < 1.29 is 0 Å². The Hall–Kier alpha value is -0.760. The Balaban J connectivity index is 2.70. The van der Waals surface area contributed by atoms with Gasteiger partial charge in [0.2, 0.25) is 0 Å². The standard InChI is InChI=1S/C10H14ClNO/c1-9-5-4-6-10(13)12(9)8-3-2-7-11/h4-6H,2-3,7-8H2,1H3. The fraction of sp³-hybridized carbons (Fsp3) is 0.500. The second-order valence-electron chi connectivity index (χ2n) is 3.05. The summed E-state index contributed by atoms with van der Waals surface area (Å²) in [4.78, 5) is 11.4. The van der Waals surface area contributed by atoms with E-state index in [4.69, 9.17) is 11.6 Å². The van der Waals surface area contributed by atoms with Crippen molar-refractivity contribution in [3.05, 3.63) is 34.2 Å². The molecule has 0 atom stereocenters. The number of halogens is 1. The molecular formula is C10H14ClNO. The molecule has 0 aromatic carbocycles. The normalized spacial score (nSPS) is 10.3. The third-order valence-electron chi connectivity index (χ3n) is 2.03. The van der Waals surface area contributed by atoms with E-state index < -0.39 is 0 Å². The molecule has 13 heavy (non-hydrogen) atoms. The van der Waals surface area contributed by atoms with E-state index >= 15 is 0 Å². The van der Waals surface area contributed by atoms with Gasteiger partial charge in [0.15, 0.2) is 0 Å². The summed E-state index contributed by atoms with van der Waals surface area (Å²) in [5.74, 6) is 0.667. The quantitative estimate of drug-likeness (QED) is 0.538. The van der Waals surface area contributed by atoms with Crippen LogP contribution in [0.2, 0.25) is 0 Å². The molecule has 1 rings (SSSR count). The van der Waals surface area contributed by atoms with Crippen LogP contribution in [0.1, 0.15) is 18.5 Å². The lowest BCUT2D eigenvalue weighted by atomic mass is 10.3. The first-order chi connectivity index (χ1) is 6.25. The van der Waals surface area contributed by atoms with Crippen molar-refractivity contribution in [2.24, 2.45) is 0 Å². The molecule has 0 saturated heterocycles. The second kappa shape index (κ2) is 5.07. The monoisotopic (exact) mass is 199 g/mol. The molecule has 0 fully saturated rings. The topological polar surface area (TPSA) is 22.0 Å². The van der Waals surface area contributed by atoms with Gasteiger partial charge in [-0.3, -0.25) is 4.79 Å². The van der Waals surface area contributed by atoms with Gasteiger partial charge in [0.1, 0.15) is 0 Å². The predicted octanol–water partition coefficient (Wildman–Crippen LogP) is 2.18. The molecule has 1 aromatic rings. The van der Waals surface area contributed by atoms with Gasteiger partial charge in [-0.15, -0.1) is 11.6 Å². The van der Waals surface area contributed by atoms with Crippen LogP contribution < -0.4 is 5.56 Å². The van der Waals surface area contributed by atoms with Crippen molar-refractivity contribution in [1.82, 2.24) is 4.57 Å². The molecule has 0 unspecified atom stereocenters. The molecule has 0 aliphatic carbocycles. The van der Waals surface area contributed by atoms with E-state index in [0.717, 1.165) is 25.1 Å². The average Bonchev–Trinajstić information content (AvgIpc) is 2.10. The first kappa shape index (κ1) is 10.3. The Morgan fingerprint density at radius 1 is 1.38 bits per heavy atom. The lowest BCUT2D eigenvalue weighted by Gasteiger charge is -2.07. The number of aromatic nitrogens is 1. The van der Waals surface area contributed by atoms with E-state index in [0.29, 0.717) is 5.88 Å². The van der Waals surface area contributed by atoms with Gasteiger partial charge < -0.3 is 4.57 Å². The Kier molecular flexibility index (Phi) is 4.03. The number of aryl methyl sites for hydroxylation is 1. The van der Waals surface area contributed by atoms with E-state index in [1.54, 1.807) is 16.7 Å². The molecule has 0 aliphatic heterocycles. The Morgan fingerprint density at radius 2 is 2.15 bits per heavy atom. The summed E-state index contributed by atoms with van der Waals surface area (Å²) >= 11 is 5.56. The van der Waals surface area contributed by atoms with Gasteiger partial charge in [-0.2, -0.15) is 0 Å². The van der Waals surface area contributed by atoms with E-state index in [2.05, 4.69) is 0 Å². The minimum atomic E-state index is 0.0783. The molecule has 0 aliphatic rings. The maximum atomic E-state index is 11.4. The molecule has 0 bridgehead atoms. The van der Waals surface area contributed by atoms with Crippen LogP contribution in [0.3, 0.4) is 0 Å². The van der Waals surface area contributed by atoms with Crippen LogP contribution in [-0.4, -0.2) is 10.4 Å². The summed E-state index contributed by atoms with van der Waals surface area (Å²) in [6, 6.07) is 5.32. The van der Waals surface area contributed by atoms with Crippen LogP contribution in [0.15, 0.2) is 23.0 Å². The van der Waals surface area contributed by atoms with Gasteiger partial charge in [-0.25, -0.2) is 0 Å². The van der Waals surface area contributed by atoms with Crippen LogP contribution in [-0.2, 0) is 6.54 Å². The summed E-state index contributed by atoms with van der Waals surface area (Å²) in [7, 11) is 0. The minimum Gasteiger partial charge on any atom is -0.313 e. The maximum Gasteiger partial charge on any atom is 0.250 e. The summed E-state index contributed by atoms with van der Waals surface area (Å²) in [5, 5.41) is 0. The molecule has 2 nitrogen and oxygen atoms in total. The molecule has 1 heterocycles. The largest absolute Gasteiger partial charge is 0.313 e. The summed E-state index contributed by atoms with van der Waals surface area (Å²) in [5.41, 5.74) is 1.09. The molecule has 1 aromatic heterocycles. The highest BCUT2D eigenvalue weighted by atomic mass is 35.5. The van der Waals surface area contributed by atoms with Crippen molar-refractivity contribution in [2.75, 3.05) is 5.88 Å². The highest BCUT2D eigenvalue weighted by molar-refractivity contribution is 6.17.